The molecule has 0 spiro atoms. The Hall–Kier alpha value is -2.05. The topological polar surface area (TPSA) is 81.4 Å². The maximum absolute atomic E-state index is 4.48. The minimum absolute atomic E-state index is 0.580. The van der Waals surface area contributed by atoms with Gasteiger partial charge in [-0.1, -0.05) is 13.8 Å². The molecule has 7 nitrogen and oxygen atoms in total. The second-order valence-electron chi connectivity index (χ2n) is 4.27. The average Bonchev–Trinajstić information content (AvgIpc) is 2.84. The van der Waals surface area contributed by atoms with E-state index >= 15 is 0 Å². The lowest BCUT2D eigenvalue weighted by atomic mass is 10.2. The summed E-state index contributed by atoms with van der Waals surface area (Å²) in [6.45, 7) is 4.85. The van der Waals surface area contributed by atoms with Crippen LogP contribution in [0, 0.1) is 0 Å². The Balaban J connectivity index is 1.94. The zero-order chi connectivity index (χ0) is 13.7. The van der Waals surface area contributed by atoms with Crippen LogP contribution in [0.1, 0.15) is 31.1 Å². The van der Waals surface area contributed by atoms with Gasteiger partial charge in [0.1, 0.15) is 12.2 Å². The van der Waals surface area contributed by atoms with Crippen molar-refractivity contribution in [1.82, 2.24) is 29.9 Å². The second kappa shape index (κ2) is 6.21. The molecule has 0 aliphatic carbocycles. The highest BCUT2D eigenvalue weighted by molar-refractivity contribution is 5.25. The van der Waals surface area contributed by atoms with Crippen LogP contribution in [0.25, 0.3) is 0 Å². The minimum Gasteiger partial charge on any atom is -0.352 e. The van der Waals surface area contributed by atoms with E-state index in [1.54, 1.807) is 6.33 Å². The number of nitrogens with one attached hydrogen (secondary N) is 1. The van der Waals surface area contributed by atoms with E-state index in [1.807, 2.05) is 11.6 Å². The smallest absolute Gasteiger partial charge is 0.242 e. The van der Waals surface area contributed by atoms with Crippen molar-refractivity contribution in [3.63, 3.8) is 0 Å². The van der Waals surface area contributed by atoms with E-state index in [2.05, 4.69) is 44.5 Å². The summed E-state index contributed by atoms with van der Waals surface area (Å²) in [6.07, 6.45) is 4.20. The van der Waals surface area contributed by atoms with E-state index in [9.17, 15) is 0 Å². The third kappa shape index (κ3) is 3.24. The SMILES string of the molecule is CCc1nnc(NCCc2nncn2C)nc1CC. The minimum atomic E-state index is 0.580. The first-order valence-electron chi connectivity index (χ1n) is 6.53. The molecule has 0 aromatic carbocycles. The normalized spacial score (nSPS) is 10.7. The average molecular weight is 261 g/mol. The molecule has 0 atom stereocenters. The van der Waals surface area contributed by atoms with Crippen LogP contribution in [-0.2, 0) is 26.3 Å². The number of hydrogen-bond acceptors (Lipinski definition) is 6. The van der Waals surface area contributed by atoms with E-state index in [0.717, 1.165) is 36.5 Å². The molecule has 0 amide bonds. The molecular weight excluding hydrogens is 242 g/mol. The van der Waals surface area contributed by atoms with Gasteiger partial charge >= 0.3 is 0 Å². The quantitative estimate of drug-likeness (QED) is 0.827. The molecular formula is C12H19N7. The Morgan fingerprint density at radius 2 is 1.89 bits per heavy atom. The van der Waals surface area contributed by atoms with Crippen molar-refractivity contribution in [2.45, 2.75) is 33.1 Å². The van der Waals surface area contributed by atoms with E-state index < -0.39 is 0 Å². The molecule has 0 unspecified atom stereocenters. The Labute approximate surface area is 112 Å². The van der Waals surface area contributed by atoms with E-state index in [-0.39, 0.29) is 0 Å². The van der Waals surface area contributed by atoms with Gasteiger partial charge in [-0.15, -0.1) is 15.3 Å². The molecule has 0 aliphatic heterocycles. The summed E-state index contributed by atoms with van der Waals surface area (Å²) in [6, 6.07) is 0. The zero-order valence-corrected chi connectivity index (χ0v) is 11.6. The summed E-state index contributed by atoms with van der Waals surface area (Å²) < 4.78 is 1.90. The van der Waals surface area contributed by atoms with Gasteiger partial charge < -0.3 is 9.88 Å². The number of aromatic nitrogens is 6. The fourth-order valence-electron chi connectivity index (χ4n) is 1.83. The van der Waals surface area contributed by atoms with Gasteiger partial charge in [0.05, 0.1) is 11.4 Å². The van der Waals surface area contributed by atoms with E-state index in [1.165, 1.54) is 0 Å². The summed E-state index contributed by atoms with van der Waals surface area (Å²) in [5.41, 5.74) is 1.99. The first kappa shape index (κ1) is 13.4. The first-order chi connectivity index (χ1) is 9.24. The summed E-state index contributed by atoms with van der Waals surface area (Å²) in [5.74, 6) is 1.51. The van der Waals surface area contributed by atoms with E-state index in [4.69, 9.17) is 0 Å². The highest BCUT2D eigenvalue weighted by atomic mass is 15.3. The van der Waals surface area contributed by atoms with Crippen LogP contribution in [0.5, 0.6) is 0 Å². The molecule has 2 aromatic rings. The van der Waals surface area contributed by atoms with Crippen molar-refractivity contribution < 1.29 is 0 Å². The van der Waals surface area contributed by atoms with Gasteiger partial charge in [0.2, 0.25) is 5.95 Å². The number of aryl methyl sites for hydroxylation is 3. The highest BCUT2D eigenvalue weighted by Crippen LogP contribution is 2.06. The lowest BCUT2D eigenvalue weighted by Gasteiger charge is -2.07. The molecule has 2 aromatic heterocycles. The molecule has 0 fully saturated rings. The van der Waals surface area contributed by atoms with Crippen molar-refractivity contribution in [2.24, 2.45) is 7.05 Å². The van der Waals surface area contributed by atoms with Crippen LogP contribution in [-0.4, -0.2) is 36.5 Å². The Morgan fingerprint density at radius 3 is 2.53 bits per heavy atom. The number of hydrogen-bond donors (Lipinski definition) is 1. The maximum Gasteiger partial charge on any atom is 0.242 e. The third-order valence-corrected chi connectivity index (χ3v) is 2.95. The molecule has 2 rings (SSSR count). The summed E-state index contributed by atoms with van der Waals surface area (Å²) in [7, 11) is 1.93. The first-order valence-corrected chi connectivity index (χ1v) is 6.53. The molecule has 7 heteroatoms. The van der Waals surface area contributed by atoms with Crippen LogP contribution < -0.4 is 5.32 Å². The van der Waals surface area contributed by atoms with Crippen molar-refractivity contribution in [3.8, 4) is 0 Å². The number of rotatable bonds is 6. The highest BCUT2D eigenvalue weighted by Gasteiger charge is 2.06. The predicted octanol–water partition coefficient (Wildman–Crippen LogP) is 0.779. The lowest BCUT2D eigenvalue weighted by Crippen LogP contribution is -2.13. The van der Waals surface area contributed by atoms with Crippen molar-refractivity contribution >= 4 is 5.95 Å². The van der Waals surface area contributed by atoms with Gasteiger partial charge in [0, 0.05) is 20.0 Å². The van der Waals surface area contributed by atoms with Gasteiger partial charge in [-0.05, 0) is 12.8 Å². The van der Waals surface area contributed by atoms with Gasteiger partial charge in [0.15, 0.2) is 0 Å². The van der Waals surface area contributed by atoms with Crippen molar-refractivity contribution in [2.75, 3.05) is 11.9 Å². The summed E-state index contributed by atoms with van der Waals surface area (Å²) in [5, 5.41) is 19.3. The van der Waals surface area contributed by atoms with Crippen LogP contribution >= 0.6 is 0 Å². The molecule has 0 saturated carbocycles. The summed E-state index contributed by atoms with van der Waals surface area (Å²) in [4.78, 5) is 4.48. The molecule has 2 heterocycles. The van der Waals surface area contributed by atoms with Crippen molar-refractivity contribution in [1.29, 1.82) is 0 Å². The second-order valence-corrected chi connectivity index (χ2v) is 4.27. The predicted molar refractivity (Wildman–Crippen MR) is 71.8 cm³/mol. The van der Waals surface area contributed by atoms with Gasteiger partial charge in [-0.3, -0.25) is 0 Å². The molecule has 0 aliphatic rings. The molecule has 0 radical (unpaired) electrons. The van der Waals surface area contributed by atoms with Gasteiger partial charge in [0.25, 0.3) is 0 Å². The lowest BCUT2D eigenvalue weighted by molar-refractivity contribution is 0.775. The summed E-state index contributed by atoms with van der Waals surface area (Å²) >= 11 is 0. The Bertz CT molecular complexity index is 535. The van der Waals surface area contributed by atoms with E-state index in [0.29, 0.717) is 12.5 Å². The van der Waals surface area contributed by atoms with Crippen LogP contribution in [0.2, 0.25) is 0 Å². The van der Waals surface area contributed by atoms with Gasteiger partial charge in [-0.2, -0.15) is 5.10 Å². The number of nitrogens with zero attached hydrogens (tertiary/aromatic N) is 6. The fourth-order valence-corrected chi connectivity index (χ4v) is 1.83. The van der Waals surface area contributed by atoms with Crippen LogP contribution in [0.3, 0.4) is 0 Å². The standard InChI is InChI=1S/C12H19N7/c1-4-9-10(5-2)16-18-12(15-9)13-7-6-11-17-14-8-19(11)3/h8H,4-7H2,1-3H3,(H,13,15,18). The molecule has 1 N–H and O–H groups in total. The Morgan fingerprint density at radius 1 is 1.11 bits per heavy atom. The third-order valence-electron chi connectivity index (χ3n) is 2.95. The number of anilines is 1. The monoisotopic (exact) mass is 261 g/mol. The Kier molecular flexibility index (Phi) is 4.38. The van der Waals surface area contributed by atoms with Crippen molar-refractivity contribution in [3.05, 3.63) is 23.5 Å². The molecule has 102 valence electrons. The maximum atomic E-state index is 4.48. The molecule has 0 bridgehead atoms. The van der Waals surface area contributed by atoms with Gasteiger partial charge in [-0.25, -0.2) is 4.98 Å². The van der Waals surface area contributed by atoms with Crippen LogP contribution in [0.4, 0.5) is 5.95 Å². The fraction of sp³-hybridized carbons (Fsp3) is 0.583. The largest absolute Gasteiger partial charge is 0.352 e. The molecule has 0 saturated heterocycles. The zero-order valence-electron chi connectivity index (χ0n) is 11.6. The molecule has 19 heavy (non-hydrogen) atoms. The van der Waals surface area contributed by atoms with Crippen LogP contribution in [0.15, 0.2) is 6.33 Å².